The average molecular weight is 769 g/mol. The Hall–Kier alpha value is -2.33. The van der Waals surface area contributed by atoms with Crippen molar-refractivity contribution in [3.8, 4) is 0 Å². The maximum Gasteiger partial charge on any atom is 0.352 e. The zero-order chi connectivity index (χ0) is 36.5. The number of carboxylic acids is 1. The molecule has 51 heavy (non-hydrogen) atoms. The molecule has 280 valence electrons. The minimum Gasteiger partial charge on any atom is -0.477 e. The van der Waals surface area contributed by atoms with E-state index in [-0.39, 0.29) is 11.6 Å². The standard InChI is InChI=1S/C19H29N3OSSi.C10H10N2O2S.C9H21NSi/c1-12-15(21-17-16(12)24-19(22-17)13-7-8-13)18(23)20-14-6-4-5-10-25(2,3)11-9-14;1-4-6(10(13)14)11-8-7(4)15-9(12-8)5-2-3-5;1-11(2)7-4-3-5-9(10)6-8-11/h13-14,21H,4-11H2,1-3H3,(H,20,23);5,11H,2-3H2,1H3,(H,13,14);9H,3-8,10H2,1-2H3. The Morgan fingerprint density at radius 1 is 0.706 bits per heavy atom. The molecule has 0 spiro atoms. The first-order chi connectivity index (χ1) is 24.2. The molecule has 2 atom stereocenters. The van der Waals surface area contributed by atoms with Crippen molar-refractivity contribution in [2.75, 3.05) is 0 Å². The Balaban J connectivity index is 0.000000146. The number of nitrogens with two attached hydrogens (primary N) is 1. The second-order valence-electron chi connectivity index (χ2n) is 17.4. The second-order valence-corrected chi connectivity index (χ2v) is 30.1. The summed E-state index contributed by atoms with van der Waals surface area (Å²) in [4.78, 5) is 39.0. The predicted octanol–water partition coefficient (Wildman–Crippen LogP) is 10.3. The Kier molecular flexibility index (Phi) is 12.0. The number of hydrogen-bond acceptors (Lipinski definition) is 7. The molecule has 4 aromatic heterocycles. The van der Waals surface area contributed by atoms with E-state index < -0.39 is 22.1 Å². The number of nitrogens with one attached hydrogen (secondary N) is 3. The van der Waals surface area contributed by atoms with E-state index >= 15 is 0 Å². The zero-order valence-corrected chi connectivity index (χ0v) is 35.3. The molecular formula is C38H60N6O3S2Si2. The van der Waals surface area contributed by atoms with Crippen LogP contribution in [0.5, 0.6) is 0 Å². The number of aromatic amines is 2. The van der Waals surface area contributed by atoms with Gasteiger partial charge in [-0.3, -0.25) is 4.79 Å². The number of rotatable bonds is 5. The highest BCUT2D eigenvalue weighted by molar-refractivity contribution is 7.19. The van der Waals surface area contributed by atoms with Crippen LogP contribution in [0.1, 0.15) is 131 Å². The van der Waals surface area contributed by atoms with Gasteiger partial charge >= 0.3 is 5.97 Å². The van der Waals surface area contributed by atoms with E-state index in [0.29, 0.717) is 23.9 Å². The van der Waals surface area contributed by atoms with Crippen LogP contribution in [0.4, 0.5) is 0 Å². The van der Waals surface area contributed by atoms with Crippen LogP contribution in [0.2, 0.25) is 50.4 Å². The van der Waals surface area contributed by atoms with Gasteiger partial charge in [-0.15, -0.1) is 22.7 Å². The summed E-state index contributed by atoms with van der Waals surface area (Å²) < 4.78 is 2.16. The van der Waals surface area contributed by atoms with Crippen LogP contribution >= 0.6 is 22.7 Å². The number of aryl methyl sites for hydroxylation is 2. The van der Waals surface area contributed by atoms with Crippen molar-refractivity contribution in [1.82, 2.24) is 25.3 Å². The number of carbonyl (C=O) groups is 2. The molecule has 13 heteroatoms. The van der Waals surface area contributed by atoms with Gasteiger partial charge < -0.3 is 26.1 Å². The maximum atomic E-state index is 12.8. The third-order valence-electron chi connectivity index (χ3n) is 11.5. The van der Waals surface area contributed by atoms with E-state index in [1.165, 1.54) is 98.1 Å². The number of H-pyrrole nitrogens is 2. The van der Waals surface area contributed by atoms with Crippen LogP contribution in [-0.4, -0.2) is 65.2 Å². The summed E-state index contributed by atoms with van der Waals surface area (Å²) in [6.07, 6.45) is 15.2. The molecule has 4 aliphatic rings. The highest BCUT2D eigenvalue weighted by atomic mass is 32.1. The highest BCUT2D eigenvalue weighted by Crippen LogP contribution is 2.45. The molecule has 0 aromatic carbocycles. The topological polar surface area (TPSA) is 150 Å². The smallest absolute Gasteiger partial charge is 0.352 e. The summed E-state index contributed by atoms with van der Waals surface area (Å²) in [7, 11) is -1.85. The normalized spacial score (nSPS) is 23.5. The molecular weight excluding hydrogens is 709 g/mol. The number of carboxylic acid groups (broad SMARTS) is 1. The Labute approximate surface area is 313 Å². The number of fused-ring (bicyclic) bond motifs is 2. The first-order valence-electron chi connectivity index (χ1n) is 19.5. The van der Waals surface area contributed by atoms with Crippen molar-refractivity contribution in [3.05, 3.63) is 32.5 Å². The average Bonchev–Trinajstić information content (AvgIpc) is 3.97. The number of aromatic nitrogens is 4. The fraction of sp³-hybridized carbons (Fsp3) is 0.684. The quantitative estimate of drug-likeness (QED) is 0.128. The number of thiazole rings is 2. The summed E-state index contributed by atoms with van der Waals surface area (Å²) >= 11 is 3.39. The molecule has 2 saturated heterocycles. The molecule has 2 aliphatic heterocycles. The van der Waals surface area contributed by atoms with Gasteiger partial charge in [-0.05, 0) is 70.8 Å². The summed E-state index contributed by atoms with van der Waals surface area (Å²) in [6.45, 7) is 13.9. The van der Waals surface area contributed by atoms with Gasteiger partial charge in [0.25, 0.3) is 5.91 Å². The van der Waals surface area contributed by atoms with Crippen molar-refractivity contribution in [2.24, 2.45) is 5.73 Å². The molecule has 6 N–H and O–H groups in total. The van der Waals surface area contributed by atoms with Crippen LogP contribution < -0.4 is 11.1 Å². The third-order valence-corrected chi connectivity index (χ3v) is 20.9. The monoisotopic (exact) mass is 768 g/mol. The number of amides is 1. The van der Waals surface area contributed by atoms with Gasteiger partial charge in [-0.1, -0.05) is 76.0 Å². The van der Waals surface area contributed by atoms with Crippen molar-refractivity contribution in [2.45, 2.75) is 165 Å². The Morgan fingerprint density at radius 2 is 1.20 bits per heavy atom. The summed E-state index contributed by atoms with van der Waals surface area (Å²) in [5, 5.41) is 14.6. The molecule has 4 fully saturated rings. The Morgan fingerprint density at radius 3 is 1.71 bits per heavy atom. The zero-order valence-electron chi connectivity index (χ0n) is 31.7. The van der Waals surface area contributed by atoms with Crippen LogP contribution in [0.3, 0.4) is 0 Å². The van der Waals surface area contributed by atoms with E-state index in [9.17, 15) is 9.59 Å². The molecule has 1 amide bonds. The molecule has 2 saturated carbocycles. The van der Waals surface area contributed by atoms with Gasteiger partial charge in [0.2, 0.25) is 0 Å². The minimum absolute atomic E-state index is 0.0562. The van der Waals surface area contributed by atoms with E-state index in [0.717, 1.165) is 50.7 Å². The van der Waals surface area contributed by atoms with Crippen LogP contribution in [0.25, 0.3) is 20.7 Å². The molecule has 0 radical (unpaired) electrons. The summed E-state index contributed by atoms with van der Waals surface area (Å²) in [5.74, 6) is 0.444. The van der Waals surface area contributed by atoms with E-state index in [1.54, 1.807) is 22.7 Å². The van der Waals surface area contributed by atoms with Gasteiger partial charge in [0.05, 0.1) is 19.4 Å². The van der Waals surface area contributed by atoms with E-state index in [1.807, 2.05) is 6.92 Å². The van der Waals surface area contributed by atoms with Crippen molar-refractivity contribution in [1.29, 1.82) is 0 Å². The van der Waals surface area contributed by atoms with Gasteiger partial charge in [-0.2, -0.15) is 0 Å². The first-order valence-corrected chi connectivity index (χ1v) is 27.9. The molecule has 8 rings (SSSR count). The Bertz CT molecular complexity index is 1830. The summed E-state index contributed by atoms with van der Waals surface area (Å²) in [6, 6.07) is 6.59. The number of nitrogens with zero attached hydrogens (tertiary/aromatic N) is 2. The lowest BCUT2D eigenvalue weighted by atomic mass is 10.1. The number of hydrogen-bond donors (Lipinski definition) is 5. The molecule has 9 nitrogen and oxygen atoms in total. The lowest BCUT2D eigenvalue weighted by Crippen LogP contribution is -2.38. The lowest BCUT2D eigenvalue weighted by Gasteiger charge is -2.29. The fourth-order valence-corrected chi connectivity index (χ4v) is 15.1. The molecule has 2 aliphatic carbocycles. The predicted molar refractivity (Wildman–Crippen MR) is 219 cm³/mol. The summed E-state index contributed by atoms with van der Waals surface area (Å²) in [5.41, 5.74) is 10.4. The van der Waals surface area contributed by atoms with Gasteiger partial charge in [-0.25, -0.2) is 14.8 Å². The van der Waals surface area contributed by atoms with E-state index in [2.05, 4.69) is 53.4 Å². The minimum atomic E-state index is -1.05. The largest absolute Gasteiger partial charge is 0.477 e. The molecule has 4 aromatic rings. The van der Waals surface area contributed by atoms with Crippen LogP contribution in [0, 0.1) is 13.8 Å². The molecule has 2 unspecified atom stereocenters. The number of aromatic carboxylic acids is 1. The van der Waals surface area contributed by atoms with Crippen molar-refractivity contribution in [3.63, 3.8) is 0 Å². The van der Waals surface area contributed by atoms with Crippen molar-refractivity contribution < 1.29 is 14.7 Å². The molecule has 0 bridgehead atoms. The van der Waals surface area contributed by atoms with Crippen molar-refractivity contribution >= 4 is 71.4 Å². The van der Waals surface area contributed by atoms with Crippen LogP contribution in [-0.2, 0) is 0 Å². The van der Waals surface area contributed by atoms with E-state index in [4.69, 9.17) is 15.8 Å². The molecule has 6 heterocycles. The second kappa shape index (κ2) is 16.0. The van der Waals surface area contributed by atoms with Gasteiger partial charge in [0.1, 0.15) is 22.7 Å². The highest BCUT2D eigenvalue weighted by Gasteiger charge is 2.31. The lowest BCUT2D eigenvalue weighted by molar-refractivity contribution is 0.0690. The fourth-order valence-electron chi connectivity index (χ4n) is 7.54. The van der Waals surface area contributed by atoms with Gasteiger partial charge in [0, 0.05) is 45.6 Å². The van der Waals surface area contributed by atoms with Gasteiger partial charge in [0.15, 0.2) is 0 Å². The third kappa shape index (κ3) is 10.0. The number of carbonyl (C=O) groups excluding carboxylic acids is 1. The SMILES string of the molecule is C[Si]1(C)CCCCC(N)CC1.Cc1c(C(=O)NC2CCCC[Si](C)(C)CC2)[nH]c2nc(C3CC3)sc12.Cc1c(C(=O)O)[nH]c2nc(C3CC3)sc12. The first kappa shape index (κ1) is 38.4. The maximum absolute atomic E-state index is 12.8. The van der Waals surface area contributed by atoms with Crippen LogP contribution in [0.15, 0.2) is 0 Å².